The Kier molecular flexibility index (Phi) is 11.0. The van der Waals surface area contributed by atoms with Gasteiger partial charge in [-0.2, -0.15) is 4.98 Å². The predicted octanol–water partition coefficient (Wildman–Crippen LogP) is 6.06. The molecule has 6 heterocycles. The molecule has 2 N–H and O–H groups in total. The number of imide groups is 1. The molecule has 55 heavy (non-hydrogen) atoms. The van der Waals surface area contributed by atoms with Crippen LogP contribution in [0.3, 0.4) is 0 Å². The summed E-state index contributed by atoms with van der Waals surface area (Å²) >= 11 is 0. The molecule has 1 aliphatic carbocycles. The highest BCUT2D eigenvalue weighted by Gasteiger charge is 2.31. The third-order valence-corrected chi connectivity index (χ3v) is 12.2. The number of anilines is 3. The number of piperidine rings is 3. The first-order chi connectivity index (χ1) is 26.8. The van der Waals surface area contributed by atoms with Gasteiger partial charge in [-0.05, 0) is 106 Å². The van der Waals surface area contributed by atoms with E-state index in [1.54, 1.807) is 31.4 Å². The topological polar surface area (TPSA) is 138 Å². The molecule has 13 heteroatoms. The lowest BCUT2D eigenvalue weighted by atomic mass is 9.90. The Morgan fingerprint density at radius 2 is 1.65 bits per heavy atom. The van der Waals surface area contributed by atoms with Crippen LogP contribution in [0.15, 0.2) is 54.9 Å². The number of carbonyl (C=O) groups is 3. The second kappa shape index (κ2) is 16.4. The zero-order chi connectivity index (χ0) is 37.9. The smallest absolute Gasteiger partial charge is 0.270 e. The monoisotopic (exact) mass is 747 g/mol. The minimum Gasteiger partial charge on any atom is -0.492 e. The van der Waals surface area contributed by atoms with Gasteiger partial charge in [0.1, 0.15) is 22.9 Å². The molecule has 1 atom stereocenters. The lowest BCUT2D eigenvalue weighted by molar-refractivity contribution is -0.134. The van der Waals surface area contributed by atoms with E-state index in [2.05, 4.69) is 59.2 Å². The average molecular weight is 748 g/mol. The van der Waals surface area contributed by atoms with Gasteiger partial charge in [-0.1, -0.05) is 25.0 Å². The Morgan fingerprint density at radius 3 is 2.35 bits per heavy atom. The van der Waals surface area contributed by atoms with E-state index in [1.807, 2.05) is 18.2 Å². The minimum absolute atomic E-state index is 0.0231. The molecule has 8 rings (SSSR count). The number of nitrogens with zero attached hydrogens (tertiary/aromatic N) is 7. The molecule has 1 unspecified atom stereocenters. The van der Waals surface area contributed by atoms with Gasteiger partial charge >= 0.3 is 0 Å². The molecule has 0 radical (unpaired) electrons. The SMILES string of the molecule is CN(C)C(=O)c1cc2cnc(Nc3ccc(OCCC4CCN(C5CCN(c6ccc(C7CCC(=O)NC7=O)cc6)CC5)CC4)cn3)nc2n1C1CCCC1. The largest absolute Gasteiger partial charge is 0.492 e. The number of likely N-dealkylation sites (tertiary alicyclic amines) is 1. The van der Waals surface area contributed by atoms with Gasteiger partial charge in [0, 0.05) is 63.0 Å². The number of ether oxygens (including phenoxy) is 1. The molecular formula is C42H53N9O4. The van der Waals surface area contributed by atoms with Gasteiger partial charge in [0.2, 0.25) is 17.8 Å². The molecule has 3 saturated heterocycles. The molecule has 1 saturated carbocycles. The Bertz CT molecular complexity index is 1970. The maximum atomic E-state index is 13.0. The fourth-order valence-corrected chi connectivity index (χ4v) is 9.02. The third-order valence-electron chi connectivity index (χ3n) is 12.2. The number of benzene rings is 1. The summed E-state index contributed by atoms with van der Waals surface area (Å²) in [6.45, 7) is 5.03. The number of pyridine rings is 1. The second-order valence-electron chi connectivity index (χ2n) is 15.9. The summed E-state index contributed by atoms with van der Waals surface area (Å²) < 4.78 is 8.24. The molecule has 290 valence electrons. The highest BCUT2D eigenvalue weighted by atomic mass is 16.5. The summed E-state index contributed by atoms with van der Waals surface area (Å²) in [5.74, 6) is 1.88. The molecule has 3 aliphatic heterocycles. The fourth-order valence-electron chi connectivity index (χ4n) is 9.02. The van der Waals surface area contributed by atoms with Crippen molar-refractivity contribution in [1.29, 1.82) is 0 Å². The summed E-state index contributed by atoms with van der Waals surface area (Å²) in [6, 6.07) is 15.0. The second-order valence-corrected chi connectivity index (χ2v) is 15.9. The first-order valence-electron chi connectivity index (χ1n) is 20.2. The number of nitrogens with one attached hydrogen (secondary N) is 2. The van der Waals surface area contributed by atoms with E-state index in [-0.39, 0.29) is 29.7 Å². The van der Waals surface area contributed by atoms with E-state index in [0.29, 0.717) is 48.9 Å². The van der Waals surface area contributed by atoms with Crippen molar-refractivity contribution < 1.29 is 19.1 Å². The molecule has 1 aromatic carbocycles. The zero-order valence-corrected chi connectivity index (χ0v) is 32.1. The van der Waals surface area contributed by atoms with Gasteiger partial charge in [0.15, 0.2) is 0 Å². The van der Waals surface area contributed by atoms with Crippen molar-refractivity contribution in [3.63, 3.8) is 0 Å². The fraction of sp³-hybridized carbons (Fsp3) is 0.524. The molecule has 4 aromatic rings. The number of fused-ring (bicyclic) bond motifs is 1. The lowest BCUT2D eigenvalue weighted by Gasteiger charge is -2.42. The Morgan fingerprint density at radius 1 is 0.891 bits per heavy atom. The minimum atomic E-state index is -0.235. The van der Waals surface area contributed by atoms with E-state index in [4.69, 9.17) is 9.72 Å². The predicted molar refractivity (Wildman–Crippen MR) is 212 cm³/mol. The number of hydrogen-bond acceptors (Lipinski definition) is 10. The van der Waals surface area contributed by atoms with Crippen LogP contribution in [-0.2, 0) is 9.59 Å². The van der Waals surface area contributed by atoms with Crippen LogP contribution in [0, 0.1) is 5.92 Å². The van der Waals surface area contributed by atoms with Crippen LogP contribution in [-0.4, -0.2) is 100.0 Å². The van der Waals surface area contributed by atoms with Gasteiger partial charge in [-0.15, -0.1) is 0 Å². The molecule has 4 aliphatic rings. The highest BCUT2D eigenvalue weighted by Crippen LogP contribution is 2.35. The van der Waals surface area contributed by atoms with Crippen molar-refractivity contribution in [2.24, 2.45) is 5.92 Å². The van der Waals surface area contributed by atoms with Gasteiger partial charge in [-0.3, -0.25) is 19.7 Å². The maximum absolute atomic E-state index is 13.0. The standard InChI is InChI=1S/C42H53N9O4/c1-48(2)41(54)36-25-30-26-44-42(47-39(30)51(36)33-5-3-4-6-33)45-37-13-11-34(27-43-37)55-24-19-28-15-20-49(21-16-28)32-17-22-50(23-18-32)31-9-7-29(8-10-31)35-12-14-38(52)46-40(35)53/h7-11,13,25-28,32-33,35H,3-6,12,14-24H2,1-2H3,(H,46,52,53)(H,43,44,45,47). The van der Waals surface area contributed by atoms with Crippen molar-refractivity contribution in [3.8, 4) is 5.75 Å². The van der Waals surface area contributed by atoms with Crippen LogP contribution >= 0.6 is 0 Å². The van der Waals surface area contributed by atoms with Crippen LogP contribution in [0.4, 0.5) is 17.5 Å². The first-order valence-corrected chi connectivity index (χ1v) is 20.2. The van der Waals surface area contributed by atoms with Crippen LogP contribution in [0.1, 0.15) is 98.6 Å². The zero-order valence-electron chi connectivity index (χ0n) is 32.1. The third kappa shape index (κ3) is 8.31. The molecule has 0 bridgehead atoms. The summed E-state index contributed by atoms with van der Waals surface area (Å²) in [7, 11) is 3.56. The van der Waals surface area contributed by atoms with Crippen LogP contribution in [0.5, 0.6) is 5.75 Å². The van der Waals surface area contributed by atoms with Crippen molar-refractivity contribution in [1.82, 2.24) is 34.6 Å². The van der Waals surface area contributed by atoms with Gasteiger partial charge < -0.3 is 29.3 Å². The van der Waals surface area contributed by atoms with E-state index in [0.717, 1.165) is 93.5 Å². The number of aromatic nitrogens is 4. The van der Waals surface area contributed by atoms with Crippen molar-refractivity contribution in [2.45, 2.75) is 88.6 Å². The van der Waals surface area contributed by atoms with E-state index in [9.17, 15) is 14.4 Å². The van der Waals surface area contributed by atoms with Crippen LogP contribution < -0.4 is 20.3 Å². The van der Waals surface area contributed by atoms with E-state index >= 15 is 0 Å². The number of rotatable bonds is 11. The van der Waals surface area contributed by atoms with E-state index in [1.165, 1.54) is 18.5 Å². The van der Waals surface area contributed by atoms with Crippen molar-refractivity contribution in [3.05, 3.63) is 66.1 Å². The number of hydrogen-bond donors (Lipinski definition) is 2. The molecule has 4 fully saturated rings. The molecule has 3 aromatic heterocycles. The van der Waals surface area contributed by atoms with E-state index < -0.39 is 0 Å². The van der Waals surface area contributed by atoms with Gasteiger partial charge in [0.05, 0.1) is 18.7 Å². The molecular weight excluding hydrogens is 695 g/mol. The summed E-state index contributed by atoms with van der Waals surface area (Å²) in [6.07, 6.45) is 14.7. The summed E-state index contributed by atoms with van der Waals surface area (Å²) in [5.41, 5.74) is 3.63. The molecule has 13 nitrogen and oxygen atoms in total. The first kappa shape index (κ1) is 36.9. The number of amides is 3. The Hall–Kier alpha value is -5.04. The van der Waals surface area contributed by atoms with Gasteiger partial charge in [-0.25, -0.2) is 9.97 Å². The van der Waals surface area contributed by atoms with Crippen molar-refractivity contribution >= 4 is 46.2 Å². The Labute approximate surface area is 322 Å². The normalized spacial score (nSPS) is 20.5. The molecule has 0 spiro atoms. The number of carbonyl (C=O) groups excluding carboxylic acids is 3. The maximum Gasteiger partial charge on any atom is 0.270 e. The van der Waals surface area contributed by atoms with Gasteiger partial charge in [0.25, 0.3) is 5.91 Å². The molecule has 3 amide bonds. The Balaban J connectivity index is 0.768. The quantitative estimate of drug-likeness (QED) is 0.174. The van der Waals surface area contributed by atoms with Crippen LogP contribution in [0.2, 0.25) is 0 Å². The highest BCUT2D eigenvalue weighted by molar-refractivity contribution is 6.01. The van der Waals surface area contributed by atoms with Crippen molar-refractivity contribution in [2.75, 3.05) is 57.1 Å². The lowest BCUT2D eigenvalue weighted by Crippen LogP contribution is -2.47. The average Bonchev–Trinajstić information content (AvgIpc) is 3.87. The van der Waals surface area contributed by atoms with Crippen LogP contribution in [0.25, 0.3) is 11.0 Å². The summed E-state index contributed by atoms with van der Waals surface area (Å²) in [5, 5.41) is 6.57. The summed E-state index contributed by atoms with van der Waals surface area (Å²) in [4.78, 5) is 57.6.